The second-order valence-electron chi connectivity index (χ2n) is 10.6. The molecule has 3 aliphatic rings. The van der Waals surface area contributed by atoms with Gasteiger partial charge in [-0.05, 0) is 54.7 Å². The first-order valence-electron chi connectivity index (χ1n) is 13.2. The standard InChI is InChI=1S/C29H28F4N6O/c1-17-22(18-4-3-5-21(10-18)40-28(32)33)13-25(37-17)29(2)6-8-38(9-7-29)26-23-11-19(12-24(23)34-16-35-26)20-14-36-39(15-20)27(30)31/h3-5,10-11,14-16,27-28H,6-9,12-13H2,1-2H3. The van der Waals surface area contributed by atoms with Crippen molar-refractivity contribution in [3.05, 3.63) is 71.1 Å². The number of alkyl halides is 4. The van der Waals surface area contributed by atoms with Crippen molar-refractivity contribution in [2.75, 3.05) is 18.0 Å². The molecule has 40 heavy (non-hydrogen) atoms. The molecular weight excluding hydrogens is 524 g/mol. The summed E-state index contributed by atoms with van der Waals surface area (Å²) in [6.45, 7) is 0.196. The quantitative estimate of drug-likeness (QED) is 0.307. The molecule has 0 spiro atoms. The van der Waals surface area contributed by atoms with Gasteiger partial charge in [0, 0.05) is 60.1 Å². The lowest BCUT2D eigenvalue weighted by Crippen LogP contribution is -2.43. The van der Waals surface area contributed by atoms with Gasteiger partial charge in [-0.2, -0.15) is 22.7 Å². The van der Waals surface area contributed by atoms with Crippen molar-refractivity contribution in [1.82, 2.24) is 19.7 Å². The van der Waals surface area contributed by atoms with Crippen LogP contribution in [0.4, 0.5) is 23.4 Å². The van der Waals surface area contributed by atoms with Gasteiger partial charge in [0.1, 0.15) is 17.9 Å². The maximum Gasteiger partial charge on any atom is 0.387 e. The number of benzene rings is 1. The lowest BCUT2D eigenvalue weighted by molar-refractivity contribution is -0.0498. The lowest BCUT2D eigenvalue weighted by atomic mass is 9.74. The number of hydrogen-bond acceptors (Lipinski definition) is 6. The van der Waals surface area contributed by atoms with E-state index in [0.29, 0.717) is 23.1 Å². The highest BCUT2D eigenvalue weighted by molar-refractivity contribution is 6.03. The van der Waals surface area contributed by atoms with Crippen molar-refractivity contribution in [2.45, 2.75) is 52.7 Å². The number of halogens is 4. The Morgan fingerprint density at radius 2 is 1.82 bits per heavy atom. The molecule has 0 bridgehead atoms. The number of hydrogen-bond donors (Lipinski definition) is 0. The minimum Gasteiger partial charge on any atom is -0.435 e. The zero-order valence-corrected chi connectivity index (χ0v) is 22.1. The van der Waals surface area contributed by atoms with Crippen LogP contribution in [-0.4, -0.2) is 45.2 Å². The number of rotatable bonds is 7. The summed E-state index contributed by atoms with van der Waals surface area (Å²) in [7, 11) is 0. The van der Waals surface area contributed by atoms with E-state index in [1.165, 1.54) is 18.5 Å². The van der Waals surface area contributed by atoms with Gasteiger partial charge in [0.2, 0.25) is 0 Å². The molecule has 2 aromatic heterocycles. The SMILES string of the molecule is CC1=C(c2cccc(OC(F)F)c2)CC(C2(C)CCN(c3ncnc4c3C=C(c3cnn(C(F)F)c3)C4)CC2)=N1. The molecule has 1 aliphatic carbocycles. The molecule has 1 saturated heterocycles. The number of aliphatic imine (C=N–C) groups is 1. The van der Waals surface area contributed by atoms with Crippen LogP contribution in [0.15, 0.2) is 53.7 Å². The third-order valence-corrected chi connectivity index (χ3v) is 8.15. The lowest BCUT2D eigenvalue weighted by Gasteiger charge is -2.40. The average molecular weight is 553 g/mol. The first-order valence-corrected chi connectivity index (χ1v) is 13.2. The van der Waals surface area contributed by atoms with Gasteiger partial charge in [-0.1, -0.05) is 19.1 Å². The number of fused-ring (bicyclic) bond motifs is 1. The second kappa shape index (κ2) is 10.2. The number of ether oxygens (including phenoxy) is 1. The van der Waals surface area contributed by atoms with Crippen LogP contribution in [0.1, 0.15) is 62.0 Å². The molecule has 1 aromatic carbocycles. The van der Waals surface area contributed by atoms with Gasteiger partial charge in [0.25, 0.3) is 0 Å². The zero-order chi connectivity index (χ0) is 28.0. The molecular formula is C29H28F4N6O. The average Bonchev–Trinajstić information content (AvgIpc) is 3.67. The highest BCUT2D eigenvalue weighted by Crippen LogP contribution is 2.43. The fraction of sp³-hybridized carbons (Fsp3) is 0.379. The zero-order valence-electron chi connectivity index (χ0n) is 22.1. The number of allylic oxidation sites excluding steroid dienone is 3. The van der Waals surface area contributed by atoms with E-state index in [9.17, 15) is 17.6 Å². The van der Waals surface area contributed by atoms with E-state index in [2.05, 4.69) is 31.6 Å². The van der Waals surface area contributed by atoms with E-state index in [1.54, 1.807) is 18.5 Å². The van der Waals surface area contributed by atoms with Crippen LogP contribution >= 0.6 is 0 Å². The van der Waals surface area contributed by atoms with Crippen molar-refractivity contribution in [3.8, 4) is 5.75 Å². The monoisotopic (exact) mass is 552 g/mol. The molecule has 7 nitrogen and oxygen atoms in total. The molecule has 3 aromatic rings. The Bertz CT molecular complexity index is 1530. The van der Waals surface area contributed by atoms with Gasteiger partial charge < -0.3 is 9.64 Å². The van der Waals surface area contributed by atoms with E-state index in [0.717, 1.165) is 71.1 Å². The Hall–Kier alpha value is -4.02. The van der Waals surface area contributed by atoms with Gasteiger partial charge in [0.15, 0.2) is 0 Å². The van der Waals surface area contributed by atoms with Crippen molar-refractivity contribution in [2.24, 2.45) is 10.4 Å². The van der Waals surface area contributed by atoms with Gasteiger partial charge in [-0.15, -0.1) is 0 Å². The molecule has 0 N–H and O–H groups in total. The number of aromatic nitrogens is 4. The number of piperidine rings is 1. The fourth-order valence-electron chi connectivity index (χ4n) is 5.79. The molecule has 4 heterocycles. The van der Waals surface area contributed by atoms with E-state index in [4.69, 9.17) is 4.99 Å². The first kappa shape index (κ1) is 26.2. The van der Waals surface area contributed by atoms with Crippen molar-refractivity contribution in [1.29, 1.82) is 0 Å². The maximum absolute atomic E-state index is 13.0. The summed E-state index contributed by atoms with van der Waals surface area (Å²) in [5.74, 6) is 0.987. The predicted octanol–water partition coefficient (Wildman–Crippen LogP) is 6.65. The summed E-state index contributed by atoms with van der Waals surface area (Å²) in [5.41, 5.74) is 7.10. The van der Waals surface area contributed by atoms with Crippen LogP contribution in [0.25, 0.3) is 17.2 Å². The highest BCUT2D eigenvalue weighted by atomic mass is 19.3. The normalized spacial score (nSPS) is 18.4. The maximum atomic E-state index is 13.0. The molecule has 6 rings (SSSR count). The molecule has 11 heteroatoms. The summed E-state index contributed by atoms with van der Waals surface area (Å²) < 4.78 is 56.7. The predicted molar refractivity (Wildman–Crippen MR) is 144 cm³/mol. The molecule has 2 aliphatic heterocycles. The van der Waals surface area contributed by atoms with E-state index in [-0.39, 0.29) is 11.2 Å². The molecule has 208 valence electrons. The minimum absolute atomic E-state index is 0.113. The largest absolute Gasteiger partial charge is 0.435 e. The smallest absolute Gasteiger partial charge is 0.387 e. The number of nitrogens with zero attached hydrogens (tertiary/aromatic N) is 6. The molecule has 0 amide bonds. The van der Waals surface area contributed by atoms with E-state index >= 15 is 0 Å². The summed E-state index contributed by atoms with van der Waals surface area (Å²) in [5, 5.41) is 3.76. The Morgan fingerprint density at radius 1 is 1.02 bits per heavy atom. The number of anilines is 1. The van der Waals surface area contributed by atoms with Crippen LogP contribution in [0, 0.1) is 5.41 Å². The molecule has 0 radical (unpaired) electrons. The van der Waals surface area contributed by atoms with Gasteiger partial charge in [-0.3, -0.25) is 4.99 Å². The molecule has 1 fully saturated rings. The van der Waals surface area contributed by atoms with Crippen LogP contribution in [0.2, 0.25) is 0 Å². The van der Waals surface area contributed by atoms with Crippen LogP contribution in [0.5, 0.6) is 5.75 Å². The summed E-state index contributed by atoms with van der Waals surface area (Å²) in [6, 6.07) is 6.79. The van der Waals surface area contributed by atoms with Crippen LogP contribution in [0.3, 0.4) is 0 Å². The third kappa shape index (κ3) is 4.89. The van der Waals surface area contributed by atoms with E-state index in [1.807, 2.05) is 19.1 Å². The minimum atomic E-state index is -2.87. The Balaban J connectivity index is 1.15. The highest BCUT2D eigenvalue weighted by Gasteiger charge is 2.38. The Kier molecular flexibility index (Phi) is 6.67. The molecule has 0 atom stereocenters. The van der Waals surface area contributed by atoms with Gasteiger partial charge in [0.05, 0.1) is 11.9 Å². The topological polar surface area (TPSA) is 68.4 Å². The van der Waals surface area contributed by atoms with Gasteiger partial charge in [-0.25, -0.2) is 14.6 Å². The van der Waals surface area contributed by atoms with Crippen molar-refractivity contribution < 1.29 is 22.3 Å². The summed E-state index contributed by atoms with van der Waals surface area (Å²) in [6.07, 6.45) is 9.32. The summed E-state index contributed by atoms with van der Waals surface area (Å²) in [4.78, 5) is 16.2. The summed E-state index contributed by atoms with van der Waals surface area (Å²) >= 11 is 0. The fourth-order valence-corrected chi connectivity index (χ4v) is 5.79. The second-order valence-corrected chi connectivity index (χ2v) is 10.6. The molecule has 0 unspecified atom stereocenters. The van der Waals surface area contributed by atoms with E-state index < -0.39 is 13.2 Å². The Labute approximate surface area is 228 Å². The first-order chi connectivity index (χ1) is 19.2. The van der Waals surface area contributed by atoms with Crippen molar-refractivity contribution in [3.63, 3.8) is 0 Å². The van der Waals surface area contributed by atoms with Gasteiger partial charge >= 0.3 is 13.2 Å². The third-order valence-electron chi connectivity index (χ3n) is 8.15. The van der Waals surface area contributed by atoms with Crippen LogP contribution < -0.4 is 9.64 Å². The molecule has 0 saturated carbocycles. The van der Waals surface area contributed by atoms with Crippen LogP contribution in [-0.2, 0) is 6.42 Å². The van der Waals surface area contributed by atoms with Crippen molar-refractivity contribution >= 4 is 28.8 Å². The Morgan fingerprint density at radius 3 is 2.55 bits per heavy atom.